The Hall–Kier alpha value is -0.820. The maximum atomic E-state index is 5.63. The second-order valence-electron chi connectivity index (χ2n) is 6.96. The van der Waals surface area contributed by atoms with E-state index in [9.17, 15) is 0 Å². The minimum absolute atomic E-state index is 0.170. The summed E-state index contributed by atoms with van der Waals surface area (Å²) in [5.41, 5.74) is 3.98. The van der Waals surface area contributed by atoms with Gasteiger partial charge in [0.25, 0.3) is 0 Å². The summed E-state index contributed by atoms with van der Waals surface area (Å²) in [5, 5.41) is 0. The predicted molar refractivity (Wildman–Crippen MR) is 79.3 cm³/mol. The molecule has 0 N–H and O–H groups in total. The van der Waals surface area contributed by atoms with Crippen LogP contribution in [0.2, 0.25) is 0 Å². The van der Waals surface area contributed by atoms with E-state index >= 15 is 0 Å². The van der Waals surface area contributed by atoms with Gasteiger partial charge in [-0.3, -0.25) is 0 Å². The average molecular weight is 248 g/mol. The van der Waals surface area contributed by atoms with Gasteiger partial charge in [0.05, 0.1) is 5.60 Å². The molecule has 0 heterocycles. The fourth-order valence-corrected chi connectivity index (χ4v) is 1.88. The van der Waals surface area contributed by atoms with Gasteiger partial charge in [-0.15, -0.1) is 0 Å². The molecule has 1 nitrogen and oxygen atoms in total. The van der Waals surface area contributed by atoms with Crippen molar-refractivity contribution in [2.45, 2.75) is 65.4 Å². The van der Waals surface area contributed by atoms with Gasteiger partial charge in [0.2, 0.25) is 0 Å². The quantitative estimate of drug-likeness (QED) is 0.732. The molecule has 0 bridgehead atoms. The van der Waals surface area contributed by atoms with Crippen LogP contribution >= 0.6 is 0 Å². The van der Waals surface area contributed by atoms with Crippen LogP contribution in [0.15, 0.2) is 18.2 Å². The number of hydrogen-bond donors (Lipinski definition) is 0. The predicted octanol–water partition coefficient (Wildman–Crippen LogP) is 4.99. The van der Waals surface area contributed by atoms with Crippen LogP contribution in [0.5, 0.6) is 0 Å². The van der Waals surface area contributed by atoms with Gasteiger partial charge in [0, 0.05) is 7.11 Å². The first-order valence-corrected chi connectivity index (χ1v) is 6.79. The van der Waals surface area contributed by atoms with Crippen molar-refractivity contribution >= 4 is 0 Å². The molecule has 0 saturated carbocycles. The standard InChI is InChI=1S/C17H28O/c1-12(2)13-9-14(16(3,4)5)11-15(10-13)17(6,7)18-8/h9-12H,1-8H3. The zero-order valence-electron chi connectivity index (χ0n) is 13.2. The molecule has 0 aliphatic carbocycles. The molecular weight excluding hydrogens is 220 g/mol. The molecule has 1 rings (SSSR count). The van der Waals surface area contributed by atoms with Crippen LogP contribution in [0.25, 0.3) is 0 Å². The van der Waals surface area contributed by atoms with Crippen molar-refractivity contribution in [1.82, 2.24) is 0 Å². The highest BCUT2D eigenvalue weighted by Crippen LogP contribution is 2.32. The molecule has 0 amide bonds. The van der Waals surface area contributed by atoms with Crippen LogP contribution in [0.1, 0.15) is 71.1 Å². The van der Waals surface area contributed by atoms with Crippen LogP contribution in [-0.4, -0.2) is 7.11 Å². The van der Waals surface area contributed by atoms with E-state index in [1.165, 1.54) is 16.7 Å². The fraction of sp³-hybridized carbons (Fsp3) is 0.647. The van der Waals surface area contributed by atoms with Crippen molar-refractivity contribution in [2.24, 2.45) is 0 Å². The van der Waals surface area contributed by atoms with Crippen LogP contribution < -0.4 is 0 Å². The molecule has 0 radical (unpaired) electrons. The molecule has 0 atom stereocenters. The van der Waals surface area contributed by atoms with Crippen molar-refractivity contribution in [1.29, 1.82) is 0 Å². The van der Waals surface area contributed by atoms with E-state index in [1.54, 1.807) is 7.11 Å². The van der Waals surface area contributed by atoms with E-state index in [0.29, 0.717) is 5.92 Å². The lowest BCUT2D eigenvalue weighted by Crippen LogP contribution is -2.22. The monoisotopic (exact) mass is 248 g/mol. The van der Waals surface area contributed by atoms with Gasteiger partial charge in [0.15, 0.2) is 0 Å². The molecule has 0 aromatic heterocycles. The zero-order valence-corrected chi connectivity index (χ0v) is 13.2. The molecule has 1 aromatic rings. The topological polar surface area (TPSA) is 9.23 Å². The summed E-state index contributed by atoms with van der Waals surface area (Å²) in [5.74, 6) is 0.540. The molecule has 1 heteroatoms. The Morgan fingerprint density at radius 3 is 1.78 bits per heavy atom. The van der Waals surface area contributed by atoms with Crippen molar-refractivity contribution in [3.05, 3.63) is 34.9 Å². The lowest BCUT2D eigenvalue weighted by Gasteiger charge is -2.28. The highest BCUT2D eigenvalue weighted by Gasteiger charge is 2.24. The summed E-state index contributed by atoms with van der Waals surface area (Å²) in [6.07, 6.45) is 0. The van der Waals surface area contributed by atoms with Crippen molar-refractivity contribution in [2.75, 3.05) is 7.11 Å². The van der Waals surface area contributed by atoms with Gasteiger partial charge in [0.1, 0.15) is 0 Å². The van der Waals surface area contributed by atoms with Crippen molar-refractivity contribution in [3.8, 4) is 0 Å². The number of hydrogen-bond acceptors (Lipinski definition) is 1. The Balaban J connectivity index is 3.41. The average Bonchev–Trinajstić information content (AvgIpc) is 2.27. The lowest BCUT2D eigenvalue weighted by atomic mass is 9.81. The van der Waals surface area contributed by atoms with Gasteiger partial charge >= 0.3 is 0 Å². The van der Waals surface area contributed by atoms with Crippen molar-refractivity contribution < 1.29 is 4.74 Å². The maximum absolute atomic E-state index is 5.63. The zero-order chi connectivity index (χ0) is 14.1. The highest BCUT2D eigenvalue weighted by molar-refractivity contribution is 5.37. The third kappa shape index (κ3) is 3.35. The second-order valence-corrected chi connectivity index (χ2v) is 6.96. The molecule has 0 saturated heterocycles. The minimum Gasteiger partial charge on any atom is -0.374 e. The summed E-state index contributed by atoms with van der Waals surface area (Å²) in [7, 11) is 1.78. The van der Waals surface area contributed by atoms with Gasteiger partial charge in [-0.2, -0.15) is 0 Å². The highest BCUT2D eigenvalue weighted by atomic mass is 16.5. The summed E-state index contributed by atoms with van der Waals surface area (Å²) >= 11 is 0. The molecule has 1 aromatic carbocycles. The number of rotatable bonds is 3. The first kappa shape index (κ1) is 15.2. The smallest absolute Gasteiger partial charge is 0.0871 e. The van der Waals surface area contributed by atoms with E-state index in [-0.39, 0.29) is 11.0 Å². The third-order valence-electron chi connectivity index (χ3n) is 3.69. The number of methoxy groups -OCH3 is 1. The third-order valence-corrected chi connectivity index (χ3v) is 3.69. The molecule has 0 aliphatic rings. The molecule has 0 fully saturated rings. The summed E-state index contributed by atoms with van der Waals surface area (Å²) in [4.78, 5) is 0. The van der Waals surface area contributed by atoms with E-state index in [1.807, 2.05) is 0 Å². The lowest BCUT2D eigenvalue weighted by molar-refractivity contribution is 0.0190. The van der Waals surface area contributed by atoms with Crippen LogP contribution in [-0.2, 0) is 15.8 Å². The van der Waals surface area contributed by atoms with Gasteiger partial charge < -0.3 is 4.74 Å². The van der Waals surface area contributed by atoms with Crippen molar-refractivity contribution in [3.63, 3.8) is 0 Å². The Morgan fingerprint density at radius 1 is 0.889 bits per heavy atom. The van der Waals surface area contributed by atoms with E-state index in [0.717, 1.165) is 0 Å². The van der Waals surface area contributed by atoms with Gasteiger partial charge in [-0.25, -0.2) is 0 Å². The first-order chi connectivity index (χ1) is 8.08. The van der Waals surface area contributed by atoms with Crippen LogP contribution in [0.4, 0.5) is 0 Å². The molecule has 102 valence electrons. The second kappa shape index (κ2) is 5.05. The van der Waals surface area contributed by atoms with Crippen LogP contribution in [0.3, 0.4) is 0 Å². The van der Waals surface area contributed by atoms with Gasteiger partial charge in [-0.1, -0.05) is 52.8 Å². The van der Waals surface area contributed by atoms with E-state index < -0.39 is 0 Å². The summed E-state index contributed by atoms with van der Waals surface area (Å²) in [6.45, 7) is 15.5. The SMILES string of the molecule is COC(C)(C)c1cc(C(C)C)cc(C(C)(C)C)c1. The Labute approximate surface area is 113 Å². The largest absolute Gasteiger partial charge is 0.374 e. The minimum atomic E-state index is -0.231. The molecule has 18 heavy (non-hydrogen) atoms. The summed E-state index contributed by atoms with van der Waals surface area (Å²) < 4.78 is 5.63. The normalized spacial score (nSPS) is 13.2. The molecule has 0 aliphatic heterocycles. The first-order valence-electron chi connectivity index (χ1n) is 6.79. The Bertz CT molecular complexity index is 408. The van der Waals surface area contributed by atoms with E-state index in [2.05, 4.69) is 66.7 Å². The Kier molecular flexibility index (Phi) is 4.27. The number of benzene rings is 1. The Morgan fingerprint density at radius 2 is 1.39 bits per heavy atom. The van der Waals surface area contributed by atoms with E-state index in [4.69, 9.17) is 4.74 Å². The summed E-state index contributed by atoms with van der Waals surface area (Å²) in [6, 6.07) is 6.90. The van der Waals surface area contributed by atoms with Crippen LogP contribution in [0, 0.1) is 0 Å². The molecule has 0 spiro atoms. The molecular formula is C17H28O. The number of ether oxygens (including phenoxy) is 1. The fourth-order valence-electron chi connectivity index (χ4n) is 1.88. The maximum Gasteiger partial charge on any atom is 0.0871 e. The van der Waals surface area contributed by atoms with Gasteiger partial charge in [-0.05, 0) is 41.9 Å². The molecule has 0 unspecified atom stereocenters.